The fourth-order valence-electron chi connectivity index (χ4n) is 4.58. The van der Waals surface area contributed by atoms with Crippen LogP contribution in [0.2, 0.25) is 0 Å². The Labute approximate surface area is 207 Å². The van der Waals surface area contributed by atoms with Crippen molar-refractivity contribution in [1.82, 2.24) is 9.29 Å². The fourth-order valence-corrected chi connectivity index (χ4v) is 5.87. The molecule has 0 spiro atoms. The van der Waals surface area contributed by atoms with Crippen LogP contribution < -0.4 is 9.46 Å². The Hall–Kier alpha value is -3.26. The third-order valence-electron chi connectivity index (χ3n) is 6.16. The van der Waals surface area contributed by atoms with Gasteiger partial charge in [-0.2, -0.15) is 0 Å². The van der Waals surface area contributed by atoms with E-state index in [-0.39, 0.29) is 18.1 Å². The molecule has 2 heterocycles. The molecular formula is C24H20F5N3O4S. The Kier molecular flexibility index (Phi) is 6.34. The number of nitrogens with zero attached hydrogens (tertiary/aromatic N) is 1. The summed E-state index contributed by atoms with van der Waals surface area (Å²) >= 11 is 0. The molecule has 196 valence electrons. The van der Waals surface area contributed by atoms with Crippen molar-refractivity contribution in [2.75, 3.05) is 13.2 Å². The highest BCUT2D eigenvalue weighted by Crippen LogP contribution is 2.36. The lowest BCUT2D eigenvalue weighted by atomic mass is 10.0. The highest BCUT2D eigenvalue weighted by Gasteiger charge is 2.37. The predicted molar refractivity (Wildman–Crippen MR) is 124 cm³/mol. The molecule has 7 nitrogen and oxygen atoms in total. The second-order valence-corrected chi connectivity index (χ2v) is 10.4. The van der Waals surface area contributed by atoms with Crippen LogP contribution in [0.1, 0.15) is 6.04 Å². The van der Waals surface area contributed by atoms with Gasteiger partial charge in [-0.3, -0.25) is 0 Å². The maximum atomic E-state index is 14.0. The summed E-state index contributed by atoms with van der Waals surface area (Å²) in [5, 5.41) is 12.1. The summed E-state index contributed by atoms with van der Waals surface area (Å²) in [4.78, 5) is -0.126. The molecule has 0 bridgehead atoms. The Balaban J connectivity index is 1.45. The van der Waals surface area contributed by atoms with E-state index in [4.69, 9.17) is 9.52 Å². The maximum Gasteiger partial charge on any atom is 0.573 e. The van der Waals surface area contributed by atoms with Gasteiger partial charge >= 0.3 is 6.36 Å². The van der Waals surface area contributed by atoms with Crippen LogP contribution in [-0.4, -0.2) is 45.6 Å². The molecule has 1 aliphatic rings. The van der Waals surface area contributed by atoms with E-state index in [9.17, 15) is 31.3 Å². The van der Waals surface area contributed by atoms with Gasteiger partial charge in [0.05, 0.1) is 36.3 Å². The number of hydrogen-bond donors (Lipinski definition) is 3. The van der Waals surface area contributed by atoms with Crippen LogP contribution in [0.4, 0.5) is 22.0 Å². The van der Waals surface area contributed by atoms with Gasteiger partial charge in [-0.25, -0.2) is 22.5 Å². The van der Waals surface area contributed by atoms with Crippen LogP contribution in [0.3, 0.4) is 0 Å². The van der Waals surface area contributed by atoms with Gasteiger partial charge < -0.3 is 19.1 Å². The summed E-state index contributed by atoms with van der Waals surface area (Å²) in [7, 11) is -3.78. The Bertz CT molecular complexity index is 1510. The van der Waals surface area contributed by atoms with Crippen molar-refractivity contribution in [1.29, 1.82) is 4.78 Å². The first-order chi connectivity index (χ1) is 17.4. The van der Waals surface area contributed by atoms with Crippen molar-refractivity contribution in [2.45, 2.75) is 29.4 Å². The number of rotatable bonds is 5. The van der Waals surface area contributed by atoms with Crippen LogP contribution in [0.5, 0.6) is 5.75 Å². The quantitative estimate of drug-likeness (QED) is 0.314. The molecular weight excluding hydrogens is 521 g/mol. The molecule has 5 rings (SSSR count). The Morgan fingerprint density at radius 2 is 1.54 bits per heavy atom. The molecule has 0 amide bonds. The van der Waals surface area contributed by atoms with Crippen LogP contribution >= 0.6 is 0 Å². The monoisotopic (exact) mass is 541 g/mol. The topological polar surface area (TPSA) is 96.6 Å². The molecule has 1 saturated heterocycles. The number of nitrogens with one attached hydrogen (secondary N) is 2. The number of ether oxygens (including phenoxy) is 2. The van der Waals surface area contributed by atoms with Gasteiger partial charge in [0.15, 0.2) is 0 Å². The van der Waals surface area contributed by atoms with E-state index in [0.29, 0.717) is 21.8 Å². The molecule has 0 radical (unpaired) electrons. The highest BCUT2D eigenvalue weighted by molar-refractivity contribution is 7.90. The Morgan fingerprint density at radius 1 is 0.973 bits per heavy atom. The zero-order valence-electron chi connectivity index (χ0n) is 18.8. The standard InChI is InChI=1S/C24H20F5N3O4S/c25-13-1-7-20-17(9-13)18-10-14(26)2-8-21(18)32(20)22-12-35-11-19(23(22)33)31-37(30,34)16-5-3-15(4-6-16)36-24(27,28)29/h1-10,19,22-23,33H,11-12H2,(H2,30,31,34). The van der Waals surface area contributed by atoms with E-state index in [0.717, 1.165) is 24.3 Å². The van der Waals surface area contributed by atoms with E-state index in [1.54, 1.807) is 4.57 Å². The normalized spacial score (nSPS) is 22.3. The number of hydrogen-bond acceptors (Lipinski definition) is 5. The number of fused-ring (bicyclic) bond motifs is 3. The first kappa shape index (κ1) is 25.4. The summed E-state index contributed by atoms with van der Waals surface area (Å²) in [6.45, 7) is -0.0845. The Morgan fingerprint density at radius 3 is 2.08 bits per heavy atom. The van der Waals surface area contributed by atoms with E-state index < -0.39 is 51.8 Å². The molecule has 1 aliphatic heterocycles. The summed E-state index contributed by atoms with van der Waals surface area (Å²) in [6, 6.07) is 10.2. The third kappa shape index (κ3) is 4.99. The minimum Gasteiger partial charge on any atom is -0.406 e. The molecule has 13 heteroatoms. The molecule has 0 saturated carbocycles. The second kappa shape index (κ2) is 9.24. The average Bonchev–Trinajstić information content (AvgIpc) is 3.12. The first-order valence-corrected chi connectivity index (χ1v) is 12.6. The number of aliphatic hydroxyl groups is 1. The van der Waals surface area contributed by atoms with Crippen molar-refractivity contribution >= 4 is 31.7 Å². The number of aromatic nitrogens is 1. The zero-order valence-corrected chi connectivity index (χ0v) is 19.7. The fraction of sp³-hybridized carbons (Fsp3) is 0.250. The van der Waals surface area contributed by atoms with Gasteiger partial charge in [-0.05, 0) is 60.7 Å². The molecule has 4 unspecified atom stereocenters. The number of aliphatic hydroxyl groups excluding tert-OH is 1. The van der Waals surface area contributed by atoms with E-state index in [1.807, 2.05) is 0 Å². The summed E-state index contributed by atoms with van der Waals surface area (Å²) < 4.78 is 100. The lowest BCUT2D eigenvalue weighted by Crippen LogP contribution is -2.53. The number of benzene rings is 3. The first-order valence-electron chi connectivity index (χ1n) is 11.0. The lowest BCUT2D eigenvalue weighted by molar-refractivity contribution is -0.274. The highest BCUT2D eigenvalue weighted by atomic mass is 32.2. The van der Waals surface area contributed by atoms with Crippen molar-refractivity contribution in [3.05, 3.63) is 72.3 Å². The predicted octanol–water partition coefficient (Wildman–Crippen LogP) is 4.88. The van der Waals surface area contributed by atoms with Crippen molar-refractivity contribution in [3.63, 3.8) is 0 Å². The smallest absolute Gasteiger partial charge is 0.406 e. The van der Waals surface area contributed by atoms with Gasteiger partial charge in [0.1, 0.15) is 27.3 Å². The molecule has 4 aromatic rings. The second-order valence-electron chi connectivity index (χ2n) is 8.59. The minimum absolute atomic E-state index is 0.0235. The summed E-state index contributed by atoms with van der Waals surface area (Å²) in [5.41, 5.74) is 1.03. The summed E-state index contributed by atoms with van der Waals surface area (Å²) in [5.74, 6) is -1.57. The number of alkyl halides is 3. The summed E-state index contributed by atoms with van der Waals surface area (Å²) in [6.07, 6.45) is -6.15. The molecule has 37 heavy (non-hydrogen) atoms. The number of halogens is 5. The SMILES string of the molecule is N=S(=O)(NC1COCC(n2c3ccc(F)cc3c3cc(F)ccc32)C1O)c1ccc(OC(F)(F)F)cc1. The minimum atomic E-state index is -4.90. The van der Waals surface area contributed by atoms with Crippen molar-refractivity contribution < 1.29 is 40.7 Å². The van der Waals surface area contributed by atoms with E-state index in [1.165, 1.54) is 36.4 Å². The van der Waals surface area contributed by atoms with Crippen molar-refractivity contribution in [2.24, 2.45) is 0 Å². The van der Waals surface area contributed by atoms with Crippen LogP contribution in [-0.2, 0) is 14.7 Å². The van der Waals surface area contributed by atoms with Gasteiger partial charge in [0.25, 0.3) is 0 Å². The zero-order chi connectivity index (χ0) is 26.5. The lowest BCUT2D eigenvalue weighted by Gasteiger charge is -2.37. The van der Waals surface area contributed by atoms with E-state index >= 15 is 0 Å². The maximum absolute atomic E-state index is 14.0. The van der Waals surface area contributed by atoms with Gasteiger partial charge in [-0.15, -0.1) is 13.2 Å². The largest absolute Gasteiger partial charge is 0.573 e. The molecule has 4 atom stereocenters. The van der Waals surface area contributed by atoms with Gasteiger partial charge in [0.2, 0.25) is 0 Å². The molecule has 3 N–H and O–H groups in total. The van der Waals surface area contributed by atoms with Gasteiger partial charge in [0, 0.05) is 21.8 Å². The average molecular weight is 541 g/mol. The van der Waals surface area contributed by atoms with Crippen molar-refractivity contribution in [3.8, 4) is 5.75 Å². The van der Waals surface area contributed by atoms with Crippen LogP contribution in [0.25, 0.3) is 21.8 Å². The third-order valence-corrected chi connectivity index (χ3v) is 7.73. The van der Waals surface area contributed by atoms with E-state index in [2.05, 4.69) is 9.46 Å². The molecule has 1 aromatic heterocycles. The molecule has 0 aliphatic carbocycles. The molecule has 3 aromatic carbocycles. The van der Waals surface area contributed by atoms with Crippen LogP contribution in [0, 0.1) is 16.4 Å². The molecule has 1 fully saturated rings. The van der Waals surface area contributed by atoms with Gasteiger partial charge in [-0.1, -0.05) is 0 Å². The van der Waals surface area contributed by atoms with Crippen LogP contribution in [0.15, 0.2) is 65.6 Å².